The molecule has 0 saturated heterocycles. The van der Waals surface area contributed by atoms with Gasteiger partial charge in [0.05, 0.1) is 10.6 Å². The highest BCUT2D eigenvalue weighted by molar-refractivity contribution is 7.21. The first-order valence-electron chi connectivity index (χ1n) is 7.31. The predicted octanol–water partition coefficient (Wildman–Crippen LogP) is 4.68. The maximum absolute atomic E-state index is 4.96. The molecule has 0 saturated carbocycles. The molecule has 0 amide bonds. The first-order chi connectivity index (χ1) is 9.53. The van der Waals surface area contributed by atoms with E-state index in [9.17, 15) is 0 Å². The van der Waals surface area contributed by atoms with Gasteiger partial charge in [-0.3, -0.25) is 0 Å². The van der Waals surface area contributed by atoms with Gasteiger partial charge < -0.3 is 5.32 Å². The summed E-state index contributed by atoms with van der Waals surface area (Å²) in [7, 11) is 0. The van der Waals surface area contributed by atoms with Crippen molar-refractivity contribution in [1.29, 1.82) is 0 Å². The second kappa shape index (κ2) is 5.58. The third-order valence-corrected chi connectivity index (χ3v) is 5.85. The van der Waals surface area contributed by atoms with Crippen LogP contribution in [0, 0.1) is 0 Å². The molecule has 1 N–H and O–H groups in total. The number of aryl methyl sites for hydroxylation is 1. The molecule has 1 aliphatic carbocycles. The topological polar surface area (TPSA) is 24.9 Å². The Bertz CT molecular complexity index is 564. The minimum atomic E-state index is 0.185. The van der Waals surface area contributed by atoms with Gasteiger partial charge in [-0.2, -0.15) is 0 Å². The van der Waals surface area contributed by atoms with Crippen LogP contribution in [0.2, 0.25) is 0 Å². The Morgan fingerprint density at radius 1 is 1.40 bits per heavy atom. The zero-order valence-electron chi connectivity index (χ0n) is 12.4. The van der Waals surface area contributed by atoms with E-state index in [-0.39, 0.29) is 5.54 Å². The van der Waals surface area contributed by atoms with Crippen molar-refractivity contribution in [3.8, 4) is 9.88 Å². The lowest BCUT2D eigenvalue weighted by atomic mass is 9.90. The first kappa shape index (κ1) is 14.2. The number of hydrogen-bond acceptors (Lipinski definition) is 4. The van der Waals surface area contributed by atoms with E-state index in [1.54, 1.807) is 11.3 Å². The Labute approximate surface area is 129 Å². The summed E-state index contributed by atoms with van der Waals surface area (Å²) >= 11 is 3.69. The monoisotopic (exact) mass is 306 g/mol. The number of rotatable bonds is 3. The van der Waals surface area contributed by atoms with Crippen LogP contribution in [0.1, 0.15) is 50.1 Å². The molecule has 2 aromatic heterocycles. The van der Waals surface area contributed by atoms with E-state index < -0.39 is 0 Å². The summed E-state index contributed by atoms with van der Waals surface area (Å²) in [5.41, 5.74) is 1.55. The summed E-state index contributed by atoms with van der Waals surface area (Å²) in [6, 6.07) is 4.29. The van der Waals surface area contributed by atoms with Gasteiger partial charge in [-0.05, 0) is 51.5 Å². The Morgan fingerprint density at radius 3 is 2.95 bits per heavy atom. The number of hydrogen-bond donors (Lipinski definition) is 1. The van der Waals surface area contributed by atoms with Crippen LogP contribution in [-0.2, 0) is 6.42 Å². The lowest BCUT2D eigenvalue weighted by Gasteiger charge is -2.27. The summed E-state index contributed by atoms with van der Waals surface area (Å²) in [5.74, 6) is 0.586. The second-order valence-electron chi connectivity index (χ2n) is 6.52. The predicted molar refractivity (Wildman–Crippen MR) is 88.9 cm³/mol. The van der Waals surface area contributed by atoms with Gasteiger partial charge in [0.2, 0.25) is 0 Å². The van der Waals surface area contributed by atoms with Crippen LogP contribution >= 0.6 is 22.7 Å². The molecule has 108 valence electrons. The molecule has 20 heavy (non-hydrogen) atoms. The van der Waals surface area contributed by atoms with Crippen LogP contribution in [0.15, 0.2) is 17.5 Å². The zero-order valence-corrected chi connectivity index (χ0v) is 14.0. The van der Waals surface area contributed by atoms with Gasteiger partial charge in [0.25, 0.3) is 0 Å². The van der Waals surface area contributed by atoms with Crippen molar-refractivity contribution in [3.63, 3.8) is 0 Å². The normalized spacial score (nSPS) is 19.1. The first-order valence-corrected chi connectivity index (χ1v) is 9.01. The molecule has 0 bridgehead atoms. The van der Waals surface area contributed by atoms with E-state index >= 15 is 0 Å². The molecule has 1 unspecified atom stereocenters. The van der Waals surface area contributed by atoms with Gasteiger partial charge in [-0.25, -0.2) is 4.98 Å². The van der Waals surface area contributed by atoms with Crippen LogP contribution in [-0.4, -0.2) is 17.1 Å². The molecule has 4 heteroatoms. The fourth-order valence-corrected chi connectivity index (χ4v) is 4.63. The van der Waals surface area contributed by atoms with Crippen molar-refractivity contribution in [1.82, 2.24) is 10.3 Å². The highest BCUT2D eigenvalue weighted by Crippen LogP contribution is 2.39. The fraction of sp³-hybridized carbons (Fsp3) is 0.562. The van der Waals surface area contributed by atoms with Crippen LogP contribution in [0.4, 0.5) is 0 Å². The largest absolute Gasteiger partial charge is 0.311 e. The summed E-state index contributed by atoms with van der Waals surface area (Å²) in [4.78, 5) is 7.79. The minimum absolute atomic E-state index is 0.185. The number of thiazole rings is 1. The molecule has 1 atom stereocenters. The molecule has 2 heterocycles. The van der Waals surface area contributed by atoms with Gasteiger partial charge in [0.1, 0.15) is 5.01 Å². The van der Waals surface area contributed by atoms with Crippen LogP contribution in [0.3, 0.4) is 0 Å². The average Bonchev–Trinajstić information content (AvgIpc) is 3.03. The molecule has 2 nitrogen and oxygen atoms in total. The SMILES string of the molecule is CC(C)(C)NCC1CCCc2sc(-c3cccs3)nc21. The summed E-state index contributed by atoms with van der Waals surface area (Å²) < 4.78 is 0. The van der Waals surface area contributed by atoms with E-state index in [4.69, 9.17) is 4.98 Å². The molecule has 0 fully saturated rings. The molecule has 0 aliphatic heterocycles. The maximum Gasteiger partial charge on any atom is 0.133 e. The molecule has 0 aromatic carbocycles. The van der Waals surface area contributed by atoms with Crippen molar-refractivity contribution in [2.24, 2.45) is 0 Å². The molecular formula is C16H22N2S2. The van der Waals surface area contributed by atoms with Crippen molar-refractivity contribution < 1.29 is 0 Å². The Hall–Kier alpha value is -0.710. The molecular weight excluding hydrogens is 284 g/mol. The molecule has 1 aliphatic rings. The van der Waals surface area contributed by atoms with Gasteiger partial charge in [-0.15, -0.1) is 22.7 Å². The van der Waals surface area contributed by atoms with Gasteiger partial charge in [0, 0.05) is 22.9 Å². The van der Waals surface area contributed by atoms with Gasteiger partial charge in [0.15, 0.2) is 0 Å². The highest BCUT2D eigenvalue weighted by atomic mass is 32.1. The van der Waals surface area contributed by atoms with Crippen LogP contribution in [0.25, 0.3) is 9.88 Å². The second-order valence-corrected chi connectivity index (χ2v) is 8.56. The average molecular weight is 306 g/mol. The summed E-state index contributed by atoms with van der Waals surface area (Å²) in [6.07, 6.45) is 3.78. The number of nitrogens with one attached hydrogen (secondary N) is 1. The van der Waals surface area contributed by atoms with E-state index in [0.29, 0.717) is 5.92 Å². The van der Waals surface area contributed by atoms with Crippen molar-refractivity contribution in [3.05, 3.63) is 28.1 Å². The number of aromatic nitrogens is 1. The maximum atomic E-state index is 4.96. The van der Waals surface area contributed by atoms with E-state index in [2.05, 4.69) is 43.6 Å². The minimum Gasteiger partial charge on any atom is -0.311 e. The third kappa shape index (κ3) is 3.13. The third-order valence-electron chi connectivity index (χ3n) is 3.68. The molecule has 3 rings (SSSR count). The van der Waals surface area contributed by atoms with Crippen LogP contribution in [0.5, 0.6) is 0 Å². The summed E-state index contributed by atoms with van der Waals surface area (Å²) in [5, 5.41) is 6.99. The zero-order chi connectivity index (χ0) is 14.2. The van der Waals surface area contributed by atoms with E-state index in [1.807, 2.05) is 11.3 Å². The lowest BCUT2D eigenvalue weighted by Crippen LogP contribution is -2.39. The van der Waals surface area contributed by atoms with Gasteiger partial charge in [-0.1, -0.05) is 6.07 Å². The van der Waals surface area contributed by atoms with Crippen molar-refractivity contribution >= 4 is 22.7 Å². The van der Waals surface area contributed by atoms with Crippen molar-refractivity contribution in [2.45, 2.75) is 51.5 Å². The molecule has 0 spiro atoms. The Morgan fingerprint density at radius 2 is 2.25 bits per heavy atom. The lowest BCUT2D eigenvalue weighted by molar-refractivity contribution is 0.388. The quantitative estimate of drug-likeness (QED) is 0.890. The number of thiophene rings is 1. The molecule has 0 radical (unpaired) electrons. The smallest absolute Gasteiger partial charge is 0.133 e. The van der Waals surface area contributed by atoms with Crippen LogP contribution < -0.4 is 5.32 Å². The standard InChI is InChI=1S/C16H22N2S2/c1-16(2,3)17-10-11-6-4-7-12-14(11)18-15(20-12)13-8-5-9-19-13/h5,8-9,11,17H,4,6-7,10H2,1-3H3. The van der Waals surface area contributed by atoms with Crippen molar-refractivity contribution in [2.75, 3.05) is 6.54 Å². The Kier molecular flexibility index (Phi) is 3.98. The fourth-order valence-electron chi connectivity index (χ4n) is 2.64. The number of fused-ring (bicyclic) bond motifs is 1. The Balaban J connectivity index is 1.82. The van der Waals surface area contributed by atoms with E-state index in [1.165, 1.54) is 39.7 Å². The number of nitrogens with zero attached hydrogens (tertiary/aromatic N) is 1. The summed E-state index contributed by atoms with van der Waals surface area (Å²) in [6.45, 7) is 7.74. The highest BCUT2D eigenvalue weighted by Gasteiger charge is 2.26. The van der Waals surface area contributed by atoms with Gasteiger partial charge >= 0.3 is 0 Å². The van der Waals surface area contributed by atoms with E-state index in [0.717, 1.165) is 6.54 Å². The molecule has 2 aromatic rings.